The van der Waals surface area contributed by atoms with E-state index in [-0.39, 0.29) is 0 Å². The highest BCUT2D eigenvalue weighted by atomic mass is 35.5. The number of hydrogen-bond acceptors (Lipinski definition) is 3. The summed E-state index contributed by atoms with van der Waals surface area (Å²) >= 11 is 12.1. The maximum Gasteiger partial charge on any atom is 0.181 e. The van der Waals surface area contributed by atoms with Crippen LogP contribution in [0.4, 0.5) is 0 Å². The molecule has 0 radical (unpaired) electrons. The lowest BCUT2D eigenvalue weighted by Gasteiger charge is -2.04. The average Bonchev–Trinajstić information content (AvgIpc) is 2.71. The fourth-order valence-electron chi connectivity index (χ4n) is 1.46. The van der Waals surface area contributed by atoms with Crippen molar-refractivity contribution in [3.05, 3.63) is 40.3 Å². The zero-order valence-corrected chi connectivity index (χ0v) is 10.1. The smallest absolute Gasteiger partial charge is 0.181 e. The van der Waals surface area contributed by atoms with Gasteiger partial charge in [0.1, 0.15) is 5.69 Å². The monoisotopic (exact) mass is 256 g/mol. The van der Waals surface area contributed by atoms with Crippen molar-refractivity contribution in [3.63, 3.8) is 0 Å². The first-order valence-corrected chi connectivity index (χ1v) is 5.51. The molecule has 1 aromatic heterocycles. The van der Waals surface area contributed by atoms with E-state index in [0.29, 0.717) is 22.4 Å². The van der Waals surface area contributed by atoms with E-state index in [1.165, 1.54) is 6.39 Å². The average molecular weight is 257 g/mol. The van der Waals surface area contributed by atoms with Crippen LogP contribution >= 0.6 is 23.2 Å². The normalized spacial score (nSPS) is 10.7. The van der Waals surface area contributed by atoms with Crippen molar-refractivity contribution in [1.29, 1.82) is 0 Å². The van der Waals surface area contributed by atoms with Gasteiger partial charge in [0.15, 0.2) is 12.2 Å². The van der Waals surface area contributed by atoms with E-state index in [1.54, 1.807) is 6.07 Å². The van der Waals surface area contributed by atoms with Gasteiger partial charge in [-0.1, -0.05) is 29.3 Å². The lowest BCUT2D eigenvalue weighted by molar-refractivity contribution is 0.570. The molecule has 0 aliphatic heterocycles. The van der Waals surface area contributed by atoms with Crippen LogP contribution in [0.25, 0.3) is 11.3 Å². The molecule has 0 aliphatic rings. The van der Waals surface area contributed by atoms with E-state index in [4.69, 9.17) is 27.6 Å². The summed E-state index contributed by atoms with van der Waals surface area (Å²) in [6, 6.07) is 5.42. The SMILES string of the molecule is CNCc1ncoc1-c1cccc(Cl)c1Cl. The minimum atomic E-state index is 0.485. The fourth-order valence-corrected chi connectivity index (χ4v) is 1.85. The number of nitrogens with one attached hydrogen (secondary N) is 1. The van der Waals surface area contributed by atoms with Crippen molar-refractivity contribution in [2.24, 2.45) is 0 Å². The van der Waals surface area contributed by atoms with Crippen LogP contribution in [0.1, 0.15) is 5.69 Å². The predicted molar refractivity (Wildman–Crippen MR) is 64.7 cm³/mol. The van der Waals surface area contributed by atoms with E-state index >= 15 is 0 Å². The van der Waals surface area contributed by atoms with Gasteiger partial charge in [-0.25, -0.2) is 4.98 Å². The maximum atomic E-state index is 6.12. The summed E-state index contributed by atoms with van der Waals surface area (Å²) in [6.45, 7) is 0.620. The van der Waals surface area contributed by atoms with Crippen molar-refractivity contribution in [1.82, 2.24) is 10.3 Å². The molecule has 0 bridgehead atoms. The van der Waals surface area contributed by atoms with Gasteiger partial charge in [0.25, 0.3) is 0 Å². The van der Waals surface area contributed by atoms with Gasteiger partial charge in [-0.05, 0) is 19.2 Å². The lowest BCUT2D eigenvalue weighted by Crippen LogP contribution is -2.06. The molecule has 1 aromatic carbocycles. The summed E-state index contributed by atoms with van der Waals surface area (Å²) in [4.78, 5) is 4.12. The van der Waals surface area contributed by atoms with Crippen molar-refractivity contribution < 1.29 is 4.42 Å². The highest BCUT2D eigenvalue weighted by Crippen LogP contribution is 2.34. The Morgan fingerprint density at radius 1 is 1.38 bits per heavy atom. The number of halogens is 2. The molecule has 0 aliphatic carbocycles. The van der Waals surface area contributed by atoms with Gasteiger partial charge in [0.05, 0.1) is 10.0 Å². The van der Waals surface area contributed by atoms with Crippen LogP contribution in [-0.2, 0) is 6.54 Å². The minimum absolute atomic E-state index is 0.485. The Bertz CT molecular complexity index is 496. The van der Waals surface area contributed by atoms with Crippen LogP contribution in [0.2, 0.25) is 10.0 Å². The third-order valence-electron chi connectivity index (χ3n) is 2.18. The van der Waals surface area contributed by atoms with Gasteiger partial charge in [0.2, 0.25) is 0 Å². The first-order valence-electron chi connectivity index (χ1n) is 4.75. The molecule has 0 atom stereocenters. The summed E-state index contributed by atoms with van der Waals surface area (Å²) in [5, 5.41) is 4.01. The summed E-state index contributed by atoms with van der Waals surface area (Å²) < 4.78 is 5.34. The molecule has 1 heterocycles. The van der Waals surface area contributed by atoms with Crippen molar-refractivity contribution in [2.45, 2.75) is 6.54 Å². The third kappa shape index (κ3) is 2.07. The summed E-state index contributed by atoms with van der Waals surface area (Å²) in [6.07, 6.45) is 1.40. The van der Waals surface area contributed by atoms with Crippen LogP contribution in [0.15, 0.2) is 29.0 Å². The minimum Gasteiger partial charge on any atom is -0.443 e. The Kier molecular flexibility index (Phi) is 3.49. The topological polar surface area (TPSA) is 38.1 Å². The second-order valence-electron chi connectivity index (χ2n) is 3.26. The van der Waals surface area contributed by atoms with Crippen LogP contribution in [0, 0.1) is 0 Å². The first kappa shape index (κ1) is 11.5. The van der Waals surface area contributed by atoms with Gasteiger partial charge in [-0.2, -0.15) is 0 Å². The largest absolute Gasteiger partial charge is 0.443 e. The highest BCUT2D eigenvalue weighted by Gasteiger charge is 2.14. The quantitative estimate of drug-likeness (QED) is 0.916. The predicted octanol–water partition coefficient (Wildman–Crippen LogP) is 3.37. The van der Waals surface area contributed by atoms with Crippen molar-refractivity contribution in [2.75, 3.05) is 7.05 Å². The van der Waals surface area contributed by atoms with E-state index in [9.17, 15) is 0 Å². The van der Waals surface area contributed by atoms with Crippen LogP contribution < -0.4 is 5.32 Å². The number of oxazole rings is 1. The standard InChI is InChI=1S/C11H10Cl2N2O/c1-14-5-9-11(16-6-15-9)7-3-2-4-8(12)10(7)13/h2-4,6,14H,5H2,1H3. The number of benzene rings is 1. The summed E-state index contributed by atoms with van der Waals surface area (Å²) in [7, 11) is 1.85. The van der Waals surface area contributed by atoms with Gasteiger partial charge in [-0.15, -0.1) is 0 Å². The second-order valence-corrected chi connectivity index (χ2v) is 4.05. The molecule has 16 heavy (non-hydrogen) atoms. The Morgan fingerprint density at radius 3 is 2.94 bits per heavy atom. The molecule has 0 saturated carbocycles. The van der Waals surface area contributed by atoms with E-state index in [1.807, 2.05) is 19.2 Å². The molecule has 84 valence electrons. The second kappa shape index (κ2) is 4.87. The molecule has 3 nitrogen and oxygen atoms in total. The molecule has 1 N–H and O–H groups in total. The van der Waals surface area contributed by atoms with Gasteiger partial charge in [0, 0.05) is 12.1 Å². The zero-order chi connectivity index (χ0) is 11.5. The molecule has 5 heteroatoms. The Balaban J connectivity index is 2.50. The van der Waals surface area contributed by atoms with Crippen LogP contribution in [0.5, 0.6) is 0 Å². The lowest BCUT2D eigenvalue weighted by atomic mass is 10.1. The van der Waals surface area contributed by atoms with Crippen LogP contribution in [-0.4, -0.2) is 12.0 Å². The number of hydrogen-bond donors (Lipinski definition) is 1. The zero-order valence-electron chi connectivity index (χ0n) is 8.63. The molecule has 0 unspecified atom stereocenters. The van der Waals surface area contributed by atoms with Crippen molar-refractivity contribution in [3.8, 4) is 11.3 Å². The maximum absolute atomic E-state index is 6.12. The third-order valence-corrected chi connectivity index (χ3v) is 3.00. The molecular weight excluding hydrogens is 247 g/mol. The molecular formula is C11H10Cl2N2O. The Hall–Kier alpha value is -1.03. The summed E-state index contributed by atoms with van der Waals surface area (Å²) in [5.41, 5.74) is 1.57. The van der Waals surface area contributed by atoms with Gasteiger partial charge < -0.3 is 9.73 Å². The molecule has 2 rings (SSSR count). The Labute approximate surface area is 103 Å². The number of aromatic nitrogens is 1. The Morgan fingerprint density at radius 2 is 2.19 bits per heavy atom. The molecule has 2 aromatic rings. The van der Waals surface area contributed by atoms with E-state index < -0.39 is 0 Å². The molecule has 0 fully saturated rings. The molecule has 0 amide bonds. The van der Waals surface area contributed by atoms with E-state index in [0.717, 1.165) is 11.3 Å². The molecule has 0 saturated heterocycles. The summed E-state index contributed by atoms with van der Waals surface area (Å²) in [5.74, 6) is 0.654. The highest BCUT2D eigenvalue weighted by molar-refractivity contribution is 6.43. The van der Waals surface area contributed by atoms with E-state index in [2.05, 4.69) is 10.3 Å². The van der Waals surface area contributed by atoms with Crippen molar-refractivity contribution >= 4 is 23.2 Å². The fraction of sp³-hybridized carbons (Fsp3) is 0.182. The van der Waals surface area contributed by atoms with Crippen LogP contribution in [0.3, 0.4) is 0 Å². The van der Waals surface area contributed by atoms with Gasteiger partial charge in [-0.3, -0.25) is 0 Å². The first-order chi connectivity index (χ1) is 7.74. The van der Waals surface area contributed by atoms with Gasteiger partial charge >= 0.3 is 0 Å². The number of nitrogens with zero attached hydrogens (tertiary/aromatic N) is 1. The molecule has 0 spiro atoms. The number of rotatable bonds is 3.